The average Bonchev–Trinajstić information content (AvgIpc) is 2.70. The fraction of sp³-hybridized carbons (Fsp3) is 0.571. The van der Waals surface area contributed by atoms with Crippen LogP contribution in [-0.4, -0.2) is 28.9 Å². The smallest absolute Gasteiger partial charge is 0.403 e. The molecule has 1 aromatic heterocycles. The van der Waals surface area contributed by atoms with Crippen LogP contribution in [0, 0.1) is 0 Å². The molecule has 1 aromatic rings. The van der Waals surface area contributed by atoms with Gasteiger partial charge in [0.2, 0.25) is 0 Å². The summed E-state index contributed by atoms with van der Waals surface area (Å²) >= 11 is 2.29. The highest BCUT2D eigenvalue weighted by Crippen LogP contribution is 2.24. The van der Waals surface area contributed by atoms with Crippen LogP contribution in [0.3, 0.4) is 0 Å². The molecule has 2 rings (SSSR count). The summed E-state index contributed by atoms with van der Waals surface area (Å²) in [6, 6.07) is 1.94. The second-order valence-corrected chi connectivity index (χ2v) is 5.81. The fourth-order valence-electron chi connectivity index (χ4n) is 1.34. The van der Waals surface area contributed by atoms with E-state index in [1.807, 2.05) is 24.4 Å². The molecular weight excluding hydrogens is 313 g/mol. The van der Waals surface area contributed by atoms with Gasteiger partial charge in [0, 0.05) is 6.20 Å². The lowest BCUT2D eigenvalue weighted by atomic mass is 9.85. The molecule has 1 aliphatic heterocycles. The van der Waals surface area contributed by atoms with Crippen LogP contribution in [0.4, 0.5) is 0 Å². The molecule has 7 heteroatoms. The van der Waals surface area contributed by atoms with Crippen molar-refractivity contribution in [2.75, 3.05) is 6.61 Å². The van der Waals surface area contributed by atoms with Gasteiger partial charge in [0.1, 0.15) is 0 Å². The third-order valence-corrected chi connectivity index (χ3v) is 3.91. The van der Waals surface area contributed by atoms with E-state index in [4.69, 9.17) is 9.31 Å². The summed E-state index contributed by atoms with van der Waals surface area (Å²) in [5.74, 6) is 0. The Morgan fingerprint density at radius 2 is 2.50 bits per heavy atom. The standard InChI is InChI=1S/C7H11BIN2O2P/c1-7(2)5-12-8(13-7)6-3-4-10-11(6)14-9/h3-4,14H,5H2,1-2H3. The molecule has 0 bridgehead atoms. The first-order valence-electron chi connectivity index (χ1n) is 4.32. The van der Waals surface area contributed by atoms with Gasteiger partial charge in [-0.15, -0.1) is 0 Å². The predicted octanol–water partition coefficient (Wildman–Crippen LogP) is 1.20. The largest absolute Gasteiger partial charge is 0.514 e. The van der Waals surface area contributed by atoms with Gasteiger partial charge in [-0.2, -0.15) is 5.10 Å². The van der Waals surface area contributed by atoms with Crippen molar-refractivity contribution in [3.05, 3.63) is 12.3 Å². The topological polar surface area (TPSA) is 36.3 Å². The molecule has 0 amide bonds. The van der Waals surface area contributed by atoms with Crippen LogP contribution < -0.4 is 5.59 Å². The van der Waals surface area contributed by atoms with E-state index >= 15 is 0 Å². The number of aromatic nitrogens is 2. The number of nitrogens with zero attached hydrogens (tertiary/aromatic N) is 2. The number of hydrogen-bond acceptors (Lipinski definition) is 3. The summed E-state index contributed by atoms with van der Waals surface area (Å²) in [7, 11) is -0.255. The van der Waals surface area contributed by atoms with Crippen molar-refractivity contribution in [2.45, 2.75) is 19.4 Å². The van der Waals surface area contributed by atoms with Crippen LogP contribution in [0.1, 0.15) is 13.8 Å². The quantitative estimate of drug-likeness (QED) is 0.466. The van der Waals surface area contributed by atoms with Crippen molar-refractivity contribution in [2.24, 2.45) is 0 Å². The van der Waals surface area contributed by atoms with Crippen LogP contribution in [0.25, 0.3) is 0 Å². The van der Waals surface area contributed by atoms with E-state index < -0.39 is 0 Å². The van der Waals surface area contributed by atoms with Crippen molar-refractivity contribution in [1.82, 2.24) is 9.55 Å². The molecular formula is C7H11BIN2O2P. The third kappa shape index (κ3) is 2.13. The van der Waals surface area contributed by atoms with Crippen LogP contribution >= 0.6 is 28.4 Å². The molecule has 1 atom stereocenters. The minimum absolute atomic E-state index is 0.186. The Hall–Kier alpha value is 0.355. The lowest BCUT2D eigenvalue weighted by Gasteiger charge is -2.15. The molecule has 2 heterocycles. The molecule has 0 spiro atoms. The zero-order valence-electron chi connectivity index (χ0n) is 8.03. The normalized spacial score (nSPS) is 21.2. The Kier molecular flexibility index (Phi) is 3.16. The minimum Gasteiger partial charge on any atom is -0.403 e. The van der Waals surface area contributed by atoms with Crippen molar-refractivity contribution in [3.8, 4) is 0 Å². The maximum atomic E-state index is 5.75. The molecule has 4 nitrogen and oxygen atoms in total. The Labute approximate surface area is 98.2 Å². The van der Waals surface area contributed by atoms with E-state index in [2.05, 4.69) is 27.1 Å². The first-order chi connectivity index (χ1) is 6.62. The van der Waals surface area contributed by atoms with Crippen LogP contribution in [0.2, 0.25) is 0 Å². The van der Waals surface area contributed by atoms with Crippen LogP contribution in [-0.2, 0) is 9.31 Å². The molecule has 14 heavy (non-hydrogen) atoms. The Morgan fingerprint density at radius 3 is 3.07 bits per heavy atom. The highest BCUT2D eigenvalue weighted by atomic mass is 127. The maximum absolute atomic E-state index is 5.75. The molecule has 0 radical (unpaired) electrons. The third-order valence-electron chi connectivity index (χ3n) is 2.00. The van der Waals surface area contributed by atoms with Gasteiger partial charge in [0.05, 0.1) is 24.2 Å². The number of hydrogen-bond donors (Lipinski definition) is 0. The summed E-state index contributed by atoms with van der Waals surface area (Å²) in [4.78, 5) is 0. The summed E-state index contributed by atoms with van der Waals surface area (Å²) in [5, 5.41) is 4.19. The molecule has 1 saturated heterocycles. The zero-order valence-corrected chi connectivity index (χ0v) is 11.2. The average molecular weight is 324 g/mol. The highest BCUT2D eigenvalue weighted by molar-refractivity contribution is 14.2. The number of halogens is 1. The Bertz CT molecular complexity index is 333. The fourth-order valence-corrected chi connectivity index (χ4v) is 2.94. The summed E-state index contributed by atoms with van der Waals surface area (Å²) in [5.41, 5.74) is 0.817. The molecule has 0 saturated carbocycles. The summed E-state index contributed by atoms with van der Waals surface area (Å²) < 4.78 is 13.2. The molecule has 0 aliphatic carbocycles. The van der Waals surface area contributed by atoms with Crippen LogP contribution in [0.5, 0.6) is 0 Å². The van der Waals surface area contributed by atoms with Gasteiger partial charge in [0.15, 0.2) is 0 Å². The van der Waals surface area contributed by atoms with E-state index in [0.29, 0.717) is 13.0 Å². The molecule has 76 valence electrons. The van der Waals surface area contributed by atoms with Crippen molar-refractivity contribution >= 4 is 41.1 Å². The van der Waals surface area contributed by atoms with Crippen molar-refractivity contribution < 1.29 is 9.31 Å². The monoisotopic (exact) mass is 324 g/mol. The van der Waals surface area contributed by atoms with E-state index in [-0.39, 0.29) is 12.7 Å². The van der Waals surface area contributed by atoms with E-state index in [1.165, 1.54) is 0 Å². The van der Waals surface area contributed by atoms with Gasteiger partial charge in [-0.25, -0.2) is 4.45 Å². The second kappa shape index (κ2) is 4.08. The lowest BCUT2D eigenvalue weighted by Crippen LogP contribution is -2.37. The van der Waals surface area contributed by atoms with Gasteiger partial charge in [-0.1, -0.05) is 0 Å². The Morgan fingerprint density at radius 1 is 1.71 bits per heavy atom. The predicted molar refractivity (Wildman–Crippen MR) is 66.5 cm³/mol. The first-order valence-corrected chi connectivity index (χ1v) is 8.38. The van der Waals surface area contributed by atoms with Gasteiger partial charge in [-0.3, -0.25) is 0 Å². The molecule has 1 fully saturated rings. The lowest BCUT2D eigenvalue weighted by molar-refractivity contribution is 0.137. The van der Waals surface area contributed by atoms with Gasteiger partial charge in [-0.05, 0) is 42.0 Å². The van der Waals surface area contributed by atoms with E-state index in [0.717, 1.165) is 5.59 Å². The summed E-state index contributed by atoms with van der Waals surface area (Å²) in [6.07, 6.45) is 2.35. The van der Waals surface area contributed by atoms with Crippen LogP contribution in [0.15, 0.2) is 12.3 Å². The first kappa shape index (κ1) is 10.9. The van der Waals surface area contributed by atoms with Gasteiger partial charge < -0.3 is 9.31 Å². The Balaban J connectivity index is 2.17. The second-order valence-electron chi connectivity index (χ2n) is 3.77. The summed E-state index contributed by atoms with van der Waals surface area (Å²) in [6.45, 7) is 4.69. The van der Waals surface area contributed by atoms with Crippen molar-refractivity contribution in [1.29, 1.82) is 0 Å². The molecule has 1 aliphatic rings. The van der Waals surface area contributed by atoms with Crippen molar-refractivity contribution in [3.63, 3.8) is 0 Å². The minimum atomic E-state index is -0.255. The highest BCUT2D eigenvalue weighted by Gasteiger charge is 2.40. The van der Waals surface area contributed by atoms with E-state index in [9.17, 15) is 0 Å². The molecule has 0 aromatic carbocycles. The molecule has 1 unspecified atom stereocenters. The van der Waals surface area contributed by atoms with E-state index in [1.54, 1.807) is 6.20 Å². The van der Waals surface area contributed by atoms with Gasteiger partial charge >= 0.3 is 7.12 Å². The van der Waals surface area contributed by atoms with Gasteiger partial charge in [0.25, 0.3) is 0 Å². The zero-order chi connectivity index (χ0) is 10.2. The molecule has 0 N–H and O–H groups in total. The number of rotatable bonds is 2. The SMILES string of the molecule is CC1(C)COB(c2ccnn2PI)O1. The maximum Gasteiger partial charge on any atom is 0.514 e.